The first-order valence-corrected chi connectivity index (χ1v) is 13.8. The van der Waals surface area contributed by atoms with Crippen LogP contribution in [0.2, 0.25) is 0 Å². The van der Waals surface area contributed by atoms with E-state index in [1.165, 1.54) is 22.3 Å². The van der Waals surface area contributed by atoms with Crippen LogP contribution in [0.1, 0.15) is 31.7 Å². The van der Waals surface area contributed by atoms with Crippen molar-refractivity contribution in [3.05, 3.63) is 48.5 Å². The van der Waals surface area contributed by atoms with Crippen molar-refractivity contribution in [3.8, 4) is 11.8 Å². The summed E-state index contributed by atoms with van der Waals surface area (Å²) in [5.74, 6) is 5.93. The topological polar surface area (TPSA) is 208 Å². The van der Waals surface area contributed by atoms with Crippen LogP contribution in [-0.4, -0.2) is 71.8 Å². The van der Waals surface area contributed by atoms with Crippen molar-refractivity contribution in [1.29, 1.82) is 0 Å². The maximum atomic E-state index is 12.3. The minimum atomic E-state index is -4.90. The van der Waals surface area contributed by atoms with Crippen molar-refractivity contribution in [2.24, 2.45) is 5.73 Å². The molecule has 0 radical (unpaired) electrons. The first-order valence-electron chi connectivity index (χ1n) is 12.2. The standard InChI is InChI=1S/C23H27N8O8P/c1-2-3-11-25-21(32)29-18-17-19(27-13-26-18)30(14-28-17)22-31-20(23(24,38-22)12-36-40(33,34)35)37-16(39-31)10-9-15-7-5-4-6-8-15/h4-8,13-14,16,20,22H,2-3,11-12,24H2,1H3,(H2,33,34,35)(H2,25,26,27,29,32)/t16?,20-,22-,23+/m0/s1. The smallest absolute Gasteiger partial charge is 0.338 e. The van der Waals surface area contributed by atoms with Crippen molar-refractivity contribution in [2.75, 3.05) is 18.5 Å². The van der Waals surface area contributed by atoms with Gasteiger partial charge >= 0.3 is 13.9 Å². The van der Waals surface area contributed by atoms with Crippen LogP contribution in [0.25, 0.3) is 11.2 Å². The molecule has 5 rings (SSSR count). The Hall–Kier alpha value is -3.49. The first kappa shape index (κ1) is 28.1. The number of carbonyl (C=O) groups excluding carboxylic acids is 1. The largest absolute Gasteiger partial charge is 0.469 e. The van der Waals surface area contributed by atoms with Gasteiger partial charge in [-0.3, -0.25) is 20.1 Å². The third kappa shape index (κ3) is 6.13. The van der Waals surface area contributed by atoms with Crippen molar-refractivity contribution in [1.82, 2.24) is 29.9 Å². The van der Waals surface area contributed by atoms with Crippen LogP contribution in [0.15, 0.2) is 43.0 Å². The average Bonchev–Trinajstić information content (AvgIpc) is 3.61. The van der Waals surface area contributed by atoms with Gasteiger partial charge in [-0.25, -0.2) is 29.1 Å². The van der Waals surface area contributed by atoms with E-state index in [0.717, 1.165) is 18.4 Å². The Kier molecular flexibility index (Phi) is 8.10. The van der Waals surface area contributed by atoms with Gasteiger partial charge in [0.25, 0.3) is 0 Å². The van der Waals surface area contributed by atoms with Crippen molar-refractivity contribution >= 4 is 30.8 Å². The number of nitrogens with zero attached hydrogens (tertiary/aromatic N) is 5. The Bertz CT molecular complexity index is 1470. The molecule has 2 amide bonds. The monoisotopic (exact) mass is 574 g/mol. The molecule has 2 fully saturated rings. The van der Waals surface area contributed by atoms with Gasteiger partial charge in [-0.2, -0.15) is 0 Å². The van der Waals surface area contributed by atoms with E-state index in [0.29, 0.717) is 6.54 Å². The number of hydrogen-bond acceptors (Lipinski definition) is 11. The fraction of sp³-hybridized carbons (Fsp3) is 0.391. The van der Waals surface area contributed by atoms with E-state index >= 15 is 0 Å². The summed E-state index contributed by atoms with van der Waals surface area (Å²) in [5, 5.41) is 6.62. The average molecular weight is 574 g/mol. The van der Waals surface area contributed by atoms with Gasteiger partial charge in [0.2, 0.25) is 12.6 Å². The Morgan fingerprint density at radius 2 is 2.08 bits per heavy atom. The molecule has 0 spiro atoms. The summed E-state index contributed by atoms with van der Waals surface area (Å²) >= 11 is 0. The highest BCUT2D eigenvalue weighted by molar-refractivity contribution is 7.46. The van der Waals surface area contributed by atoms with Crippen molar-refractivity contribution in [3.63, 3.8) is 0 Å². The summed E-state index contributed by atoms with van der Waals surface area (Å²) in [6.07, 6.45) is 0.879. The minimum Gasteiger partial charge on any atom is -0.338 e. The third-order valence-electron chi connectivity index (χ3n) is 5.87. The fourth-order valence-electron chi connectivity index (χ4n) is 4.00. The number of rotatable bonds is 8. The number of anilines is 1. The van der Waals surface area contributed by atoms with Crippen molar-refractivity contribution in [2.45, 2.75) is 44.4 Å². The number of hydroxylamine groups is 2. The number of unbranched alkanes of at least 4 members (excludes halogenated alkanes) is 1. The van der Waals surface area contributed by atoms with E-state index in [-0.39, 0.29) is 17.0 Å². The Morgan fingerprint density at radius 1 is 1.27 bits per heavy atom. The molecule has 212 valence electrons. The number of benzene rings is 1. The zero-order valence-electron chi connectivity index (χ0n) is 21.2. The predicted octanol–water partition coefficient (Wildman–Crippen LogP) is 0.966. The number of phosphoric ester groups is 1. The van der Waals surface area contributed by atoms with Crippen LogP contribution in [0, 0.1) is 11.8 Å². The lowest BCUT2D eigenvalue weighted by molar-refractivity contribution is -0.241. The Morgan fingerprint density at radius 3 is 2.83 bits per heavy atom. The molecule has 16 nitrogen and oxygen atoms in total. The number of fused-ring (bicyclic) bond motifs is 2. The summed E-state index contributed by atoms with van der Waals surface area (Å²) < 4.78 is 29.3. The molecule has 4 heterocycles. The van der Waals surface area contributed by atoms with Crippen LogP contribution in [-0.2, 0) is 23.4 Å². The molecule has 3 aromatic rings. The van der Waals surface area contributed by atoms with Gasteiger partial charge in [0.05, 0.1) is 0 Å². The van der Waals surface area contributed by atoms with Gasteiger partial charge in [-0.05, 0) is 24.5 Å². The fourth-order valence-corrected chi connectivity index (χ4v) is 4.37. The number of nitrogens with one attached hydrogen (secondary N) is 2. The molecular weight excluding hydrogens is 547 g/mol. The number of urea groups is 1. The Balaban J connectivity index is 1.42. The van der Waals surface area contributed by atoms with Gasteiger partial charge in [-0.15, -0.1) is 5.06 Å². The van der Waals surface area contributed by atoms with E-state index in [4.69, 9.17) is 20.0 Å². The second-order valence-electron chi connectivity index (χ2n) is 8.86. The highest BCUT2D eigenvalue weighted by Crippen LogP contribution is 2.45. The number of ether oxygens (including phenoxy) is 2. The zero-order valence-corrected chi connectivity index (χ0v) is 22.1. The molecule has 2 saturated heterocycles. The predicted molar refractivity (Wildman–Crippen MR) is 137 cm³/mol. The summed E-state index contributed by atoms with van der Waals surface area (Å²) in [5.41, 5.74) is 5.70. The number of amides is 2. The van der Waals surface area contributed by atoms with Crippen LogP contribution >= 0.6 is 7.82 Å². The maximum Gasteiger partial charge on any atom is 0.469 e. The molecule has 1 unspecified atom stereocenters. The zero-order chi connectivity index (χ0) is 28.3. The molecule has 17 heteroatoms. The molecule has 6 N–H and O–H groups in total. The Labute approximate surface area is 228 Å². The highest BCUT2D eigenvalue weighted by Gasteiger charge is 2.60. The summed E-state index contributed by atoms with van der Waals surface area (Å²) in [4.78, 5) is 49.4. The van der Waals surface area contributed by atoms with E-state index < -0.39 is 45.1 Å². The lowest BCUT2D eigenvalue weighted by atomic mass is 10.2. The molecule has 0 saturated carbocycles. The lowest BCUT2D eigenvalue weighted by Gasteiger charge is -2.27. The molecule has 0 aliphatic carbocycles. The highest BCUT2D eigenvalue weighted by atomic mass is 31.2. The molecule has 4 atom stereocenters. The molecule has 2 aliphatic heterocycles. The lowest BCUT2D eigenvalue weighted by Crippen LogP contribution is -2.54. The molecule has 1 aromatic carbocycles. The third-order valence-corrected chi connectivity index (χ3v) is 6.34. The summed E-state index contributed by atoms with van der Waals surface area (Å²) in [7, 11) is -4.90. The van der Waals surface area contributed by atoms with Crippen molar-refractivity contribution < 1.29 is 38.0 Å². The maximum absolute atomic E-state index is 12.3. The quantitative estimate of drug-likeness (QED) is 0.144. The summed E-state index contributed by atoms with van der Waals surface area (Å²) in [6.45, 7) is 1.76. The van der Waals surface area contributed by atoms with Crippen LogP contribution in [0.4, 0.5) is 10.6 Å². The SMILES string of the molecule is CCCCNC(=O)Nc1ncnc2c1ncn2[C@@H]1O[C@](N)(COP(=O)(O)O)[C@@H]2OC(C#Cc3ccccc3)ON12. The number of imidazole rings is 1. The van der Waals surface area contributed by atoms with E-state index in [9.17, 15) is 19.1 Å². The number of aromatic nitrogens is 4. The number of hydrogen-bond donors (Lipinski definition) is 5. The number of phosphoric acid groups is 1. The molecule has 2 aromatic heterocycles. The first-order chi connectivity index (χ1) is 19.2. The number of nitrogens with two attached hydrogens (primary N) is 1. The minimum absolute atomic E-state index is 0.154. The molecular formula is C23H27N8O8P. The molecule has 2 aliphatic rings. The van der Waals surface area contributed by atoms with Gasteiger partial charge in [0.15, 0.2) is 28.9 Å². The normalized spacial score (nSPS) is 24.4. The van der Waals surface area contributed by atoms with E-state index in [1.807, 2.05) is 37.3 Å². The second-order valence-corrected chi connectivity index (χ2v) is 10.1. The van der Waals surface area contributed by atoms with Crippen LogP contribution in [0.3, 0.4) is 0 Å². The van der Waals surface area contributed by atoms with Gasteiger partial charge in [-0.1, -0.05) is 37.5 Å². The van der Waals surface area contributed by atoms with Gasteiger partial charge in [0, 0.05) is 12.1 Å². The van der Waals surface area contributed by atoms with Crippen LogP contribution in [0.5, 0.6) is 0 Å². The van der Waals surface area contributed by atoms with E-state index in [2.05, 4.69) is 42.0 Å². The second kappa shape index (κ2) is 11.6. The van der Waals surface area contributed by atoms with Gasteiger partial charge < -0.3 is 24.6 Å². The van der Waals surface area contributed by atoms with Crippen LogP contribution < -0.4 is 16.4 Å². The number of carbonyl (C=O) groups is 1. The molecule has 40 heavy (non-hydrogen) atoms. The van der Waals surface area contributed by atoms with Gasteiger partial charge in [0.1, 0.15) is 19.3 Å². The molecule has 0 bridgehead atoms. The summed E-state index contributed by atoms with van der Waals surface area (Å²) in [6, 6.07) is 8.68. The van der Waals surface area contributed by atoms with E-state index in [1.54, 1.807) is 0 Å².